The molecule has 0 bridgehead atoms. The van der Waals surface area contributed by atoms with Crippen molar-refractivity contribution in [3.63, 3.8) is 0 Å². The summed E-state index contributed by atoms with van der Waals surface area (Å²) in [5, 5.41) is 21.9. The number of carbonyl (C=O) groups is 2. The van der Waals surface area contributed by atoms with Gasteiger partial charge in [-0.3, -0.25) is 15.1 Å². The summed E-state index contributed by atoms with van der Waals surface area (Å²) < 4.78 is 6.01. The number of rotatable bonds is 3. The van der Waals surface area contributed by atoms with Crippen molar-refractivity contribution in [1.29, 1.82) is 10.7 Å². The Morgan fingerprint density at radius 2 is 2.12 bits per heavy atom. The summed E-state index contributed by atoms with van der Waals surface area (Å²) in [7, 11) is 1.18. The second-order valence-electron chi connectivity index (χ2n) is 4.86. The van der Waals surface area contributed by atoms with Gasteiger partial charge in [-0.2, -0.15) is 10.4 Å². The standard InChI is InChI=1S/C15H10ClN5O3S/c1-24-14(23)13-12(20-11(22)7-25-15(20)18)10(6-17)19-21(13)9-4-2-8(16)3-5-9/h2-5,18H,7H2,1H3. The van der Waals surface area contributed by atoms with Gasteiger partial charge in [0, 0.05) is 5.02 Å². The lowest BCUT2D eigenvalue weighted by Gasteiger charge is -2.15. The summed E-state index contributed by atoms with van der Waals surface area (Å²) in [4.78, 5) is 25.5. The average molecular weight is 376 g/mol. The van der Waals surface area contributed by atoms with Gasteiger partial charge in [-0.1, -0.05) is 23.4 Å². The smallest absolute Gasteiger partial charge is 0.359 e. The molecule has 1 fully saturated rings. The maximum Gasteiger partial charge on any atom is 0.359 e. The summed E-state index contributed by atoms with van der Waals surface area (Å²) in [6.07, 6.45) is 0. The molecule has 0 atom stereocenters. The van der Waals surface area contributed by atoms with Crippen molar-refractivity contribution in [2.24, 2.45) is 0 Å². The minimum absolute atomic E-state index is 0.0516. The van der Waals surface area contributed by atoms with Crippen LogP contribution in [-0.4, -0.2) is 39.7 Å². The summed E-state index contributed by atoms with van der Waals surface area (Å²) in [5.74, 6) is -1.14. The van der Waals surface area contributed by atoms with Crippen LogP contribution in [0.3, 0.4) is 0 Å². The van der Waals surface area contributed by atoms with E-state index in [2.05, 4.69) is 5.10 Å². The lowest BCUT2D eigenvalue weighted by atomic mass is 10.2. The Hall–Kier alpha value is -2.83. The Balaban J connectivity index is 2.29. The first-order valence-electron chi connectivity index (χ1n) is 6.89. The molecule has 10 heteroatoms. The minimum Gasteiger partial charge on any atom is -0.464 e. The maximum atomic E-state index is 12.4. The molecule has 2 heterocycles. The van der Waals surface area contributed by atoms with E-state index in [9.17, 15) is 14.9 Å². The number of esters is 1. The van der Waals surface area contributed by atoms with E-state index in [1.807, 2.05) is 6.07 Å². The number of aromatic nitrogens is 2. The molecule has 0 saturated carbocycles. The number of hydrogen-bond acceptors (Lipinski definition) is 7. The maximum absolute atomic E-state index is 12.4. The van der Waals surface area contributed by atoms with E-state index in [1.165, 1.54) is 11.8 Å². The highest BCUT2D eigenvalue weighted by Crippen LogP contribution is 2.33. The Labute approximate surface area is 151 Å². The largest absolute Gasteiger partial charge is 0.464 e. The highest BCUT2D eigenvalue weighted by molar-refractivity contribution is 8.15. The molecule has 1 saturated heterocycles. The molecule has 2 aromatic rings. The second-order valence-corrected chi connectivity index (χ2v) is 6.26. The molecule has 1 aromatic heterocycles. The molecular formula is C15H10ClN5O3S. The molecule has 3 rings (SSSR count). The van der Waals surface area contributed by atoms with E-state index in [-0.39, 0.29) is 28.0 Å². The van der Waals surface area contributed by atoms with Crippen molar-refractivity contribution in [1.82, 2.24) is 9.78 Å². The van der Waals surface area contributed by atoms with Gasteiger partial charge in [0.15, 0.2) is 16.6 Å². The third kappa shape index (κ3) is 2.86. The Morgan fingerprint density at radius 3 is 2.64 bits per heavy atom. The van der Waals surface area contributed by atoms with Crippen molar-refractivity contribution in [2.75, 3.05) is 17.8 Å². The summed E-state index contributed by atoms with van der Waals surface area (Å²) in [5.41, 5.74) is 0.139. The lowest BCUT2D eigenvalue weighted by Crippen LogP contribution is -2.31. The van der Waals surface area contributed by atoms with Gasteiger partial charge in [0.25, 0.3) is 0 Å². The zero-order chi connectivity index (χ0) is 18.1. The molecule has 0 spiro atoms. The van der Waals surface area contributed by atoms with Crippen LogP contribution in [-0.2, 0) is 9.53 Å². The first-order chi connectivity index (χ1) is 12.0. The normalized spacial score (nSPS) is 13.9. The van der Waals surface area contributed by atoms with E-state index in [0.29, 0.717) is 10.7 Å². The molecule has 0 unspecified atom stereocenters. The molecule has 25 heavy (non-hydrogen) atoms. The SMILES string of the molecule is COC(=O)c1c(N2C(=N)SCC2=O)c(C#N)nn1-c1ccc(Cl)cc1. The van der Waals surface area contributed by atoms with Crippen LogP contribution in [0.5, 0.6) is 0 Å². The summed E-state index contributed by atoms with van der Waals surface area (Å²) in [6.45, 7) is 0. The van der Waals surface area contributed by atoms with Gasteiger partial charge in [-0.05, 0) is 24.3 Å². The number of amidine groups is 1. The van der Waals surface area contributed by atoms with Crippen LogP contribution in [0.15, 0.2) is 24.3 Å². The number of halogens is 1. The van der Waals surface area contributed by atoms with Crippen LogP contribution in [0.2, 0.25) is 5.02 Å². The third-order valence-corrected chi connectivity index (χ3v) is 4.52. The highest BCUT2D eigenvalue weighted by Gasteiger charge is 2.37. The van der Waals surface area contributed by atoms with Gasteiger partial charge in [-0.15, -0.1) is 0 Å². The summed E-state index contributed by atoms with van der Waals surface area (Å²) in [6, 6.07) is 8.29. The number of thioether (sulfide) groups is 1. The lowest BCUT2D eigenvalue weighted by molar-refractivity contribution is -0.115. The second kappa shape index (κ2) is 6.58. The van der Waals surface area contributed by atoms with Crippen LogP contribution in [0, 0.1) is 16.7 Å². The molecule has 8 nitrogen and oxygen atoms in total. The molecule has 1 N–H and O–H groups in total. The van der Waals surface area contributed by atoms with Crippen molar-refractivity contribution < 1.29 is 14.3 Å². The first kappa shape index (κ1) is 17.0. The predicted molar refractivity (Wildman–Crippen MR) is 92.3 cm³/mol. The van der Waals surface area contributed by atoms with Gasteiger partial charge >= 0.3 is 5.97 Å². The number of nitrogens with zero attached hydrogens (tertiary/aromatic N) is 4. The average Bonchev–Trinajstić information content (AvgIpc) is 3.14. The van der Waals surface area contributed by atoms with Crippen molar-refractivity contribution in [2.45, 2.75) is 0 Å². The molecular weight excluding hydrogens is 366 g/mol. The number of amides is 1. The van der Waals surface area contributed by atoms with Gasteiger partial charge in [-0.25, -0.2) is 9.48 Å². The highest BCUT2D eigenvalue weighted by atomic mass is 35.5. The molecule has 0 radical (unpaired) electrons. The molecule has 1 aliphatic heterocycles. The number of benzene rings is 1. The monoisotopic (exact) mass is 375 g/mol. The Kier molecular flexibility index (Phi) is 4.48. The van der Waals surface area contributed by atoms with Crippen molar-refractivity contribution in [3.8, 4) is 11.8 Å². The van der Waals surface area contributed by atoms with E-state index in [4.69, 9.17) is 21.7 Å². The molecule has 126 valence electrons. The van der Waals surface area contributed by atoms with Crippen molar-refractivity contribution in [3.05, 3.63) is 40.7 Å². The molecule has 1 amide bonds. The van der Waals surface area contributed by atoms with Crippen LogP contribution in [0.1, 0.15) is 16.2 Å². The zero-order valence-corrected chi connectivity index (χ0v) is 14.4. The quantitative estimate of drug-likeness (QED) is 0.823. The number of methoxy groups -OCH3 is 1. The Bertz CT molecular complexity index is 916. The number of ether oxygens (including phenoxy) is 1. The van der Waals surface area contributed by atoms with E-state index in [0.717, 1.165) is 16.7 Å². The molecule has 1 aromatic carbocycles. The fourth-order valence-electron chi connectivity index (χ4n) is 2.34. The van der Waals surface area contributed by atoms with Crippen LogP contribution in [0.25, 0.3) is 5.69 Å². The molecule has 0 aliphatic carbocycles. The summed E-state index contributed by atoms with van der Waals surface area (Å²) >= 11 is 6.88. The minimum atomic E-state index is -0.781. The Morgan fingerprint density at radius 1 is 1.44 bits per heavy atom. The number of anilines is 1. The van der Waals surface area contributed by atoms with Gasteiger partial charge in [0.05, 0.1) is 18.6 Å². The van der Waals surface area contributed by atoms with Gasteiger partial charge in [0.1, 0.15) is 11.8 Å². The number of carbonyl (C=O) groups excluding carboxylic acids is 2. The van der Waals surface area contributed by atoms with E-state index >= 15 is 0 Å². The molecule has 1 aliphatic rings. The number of nitriles is 1. The zero-order valence-electron chi connectivity index (χ0n) is 12.8. The number of hydrogen-bond donors (Lipinski definition) is 1. The van der Waals surface area contributed by atoms with E-state index in [1.54, 1.807) is 24.3 Å². The van der Waals surface area contributed by atoms with Crippen molar-refractivity contribution >= 4 is 46.1 Å². The van der Waals surface area contributed by atoms with E-state index < -0.39 is 11.9 Å². The fraction of sp³-hybridized carbons (Fsp3) is 0.133. The topological polar surface area (TPSA) is 112 Å². The van der Waals surface area contributed by atoms with Crippen LogP contribution in [0.4, 0.5) is 5.69 Å². The van der Waals surface area contributed by atoms with Gasteiger partial charge < -0.3 is 4.74 Å². The van der Waals surface area contributed by atoms with Crippen LogP contribution < -0.4 is 4.90 Å². The van der Waals surface area contributed by atoms with Crippen LogP contribution >= 0.6 is 23.4 Å². The third-order valence-electron chi connectivity index (χ3n) is 3.42. The van der Waals surface area contributed by atoms with Gasteiger partial charge in [0.2, 0.25) is 5.91 Å². The predicted octanol–water partition coefficient (Wildman–Crippen LogP) is 2.20. The first-order valence-corrected chi connectivity index (χ1v) is 8.26. The number of nitrogens with one attached hydrogen (secondary N) is 1. The fourth-order valence-corrected chi connectivity index (χ4v) is 3.18.